The Balaban J connectivity index is 2.41. The van der Waals surface area contributed by atoms with Gasteiger partial charge in [-0.25, -0.2) is 0 Å². The van der Waals surface area contributed by atoms with Gasteiger partial charge in [0.15, 0.2) is 0 Å². The molecule has 0 aromatic heterocycles. The first kappa shape index (κ1) is 12.3. The first-order chi connectivity index (χ1) is 8.61. The van der Waals surface area contributed by atoms with Gasteiger partial charge < -0.3 is 16.0 Å². The Hall–Kier alpha value is -2.16. The first-order valence-electron chi connectivity index (χ1n) is 5.97. The number of rotatable bonds is 3. The molecule has 0 radical (unpaired) electrons. The van der Waals surface area contributed by atoms with E-state index in [9.17, 15) is 0 Å². The van der Waals surface area contributed by atoms with Gasteiger partial charge in [0.05, 0.1) is 0 Å². The van der Waals surface area contributed by atoms with Gasteiger partial charge in [-0.1, -0.05) is 12.1 Å². The number of anilines is 3. The van der Waals surface area contributed by atoms with E-state index in [0.29, 0.717) is 0 Å². The van der Waals surface area contributed by atoms with Gasteiger partial charge in [0.25, 0.3) is 0 Å². The molecule has 0 spiro atoms. The van der Waals surface area contributed by atoms with Gasteiger partial charge in [-0.15, -0.1) is 0 Å². The smallest absolute Gasteiger partial charge is 0.0395 e. The highest BCUT2D eigenvalue weighted by atomic mass is 15.1. The van der Waals surface area contributed by atoms with E-state index in [1.165, 1.54) is 5.69 Å². The summed E-state index contributed by atoms with van der Waals surface area (Å²) < 4.78 is 0. The molecule has 0 saturated carbocycles. The lowest BCUT2D eigenvalue weighted by Gasteiger charge is -2.14. The summed E-state index contributed by atoms with van der Waals surface area (Å²) in [6, 6.07) is 14.4. The van der Waals surface area contributed by atoms with Crippen LogP contribution in [0.2, 0.25) is 0 Å². The summed E-state index contributed by atoms with van der Waals surface area (Å²) in [6.07, 6.45) is 0. The monoisotopic (exact) mass is 241 g/mol. The van der Waals surface area contributed by atoms with E-state index in [-0.39, 0.29) is 0 Å². The molecule has 0 atom stereocenters. The maximum atomic E-state index is 6.04. The maximum absolute atomic E-state index is 6.04. The fraction of sp³-hybridized carbons (Fsp3) is 0.200. The molecular formula is C15H19N3. The topological polar surface area (TPSA) is 41.3 Å². The number of nitrogens with zero attached hydrogens (tertiary/aromatic N) is 1. The molecule has 3 nitrogen and oxygen atoms in total. The van der Waals surface area contributed by atoms with Crippen molar-refractivity contribution >= 4 is 17.1 Å². The van der Waals surface area contributed by atoms with Crippen LogP contribution in [0.1, 0.15) is 0 Å². The van der Waals surface area contributed by atoms with Crippen LogP contribution >= 0.6 is 0 Å². The summed E-state index contributed by atoms with van der Waals surface area (Å²) >= 11 is 0. The minimum absolute atomic E-state index is 0.798. The quantitative estimate of drug-likeness (QED) is 0.811. The number of nitrogens with one attached hydrogen (secondary N) is 1. The van der Waals surface area contributed by atoms with E-state index in [1.807, 2.05) is 33.3 Å². The number of hydrogen-bond acceptors (Lipinski definition) is 3. The maximum Gasteiger partial charge on any atom is 0.0395 e. The van der Waals surface area contributed by atoms with Crippen molar-refractivity contribution in [2.45, 2.75) is 0 Å². The van der Waals surface area contributed by atoms with Gasteiger partial charge in [0, 0.05) is 43.8 Å². The average molecular weight is 241 g/mol. The SMILES string of the molecule is CNc1ccc(N)c(-c2ccc(N(C)C)cc2)c1. The van der Waals surface area contributed by atoms with Gasteiger partial charge in [0.1, 0.15) is 0 Å². The molecule has 3 heteroatoms. The Morgan fingerprint density at radius 1 is 1.00 bits per heavy atom. The van der Waals surface area contributed by atoms with Crippen molar-refractivity contribution in [3.8, 4) is 11.1 Å². The van der Waals surface area contributed by atoms with Gasteiger partial charge in [0.2, 0.25) is 0 Å². The van der Waals surface area contributed by atoms with Crippen molar-refractivity contribution in [1.82, 2.24) is 0 Å². The molecule has 2 aromatic rings. The molecule has 3 N–H and O–H groups in total. The van der Waals surface area contributed by atoms with Crippen molar-refractivity contribution in [3.05, 3.63) is 42.5 Å². The van der Waals surface area contributed by atoms with Crippen molar-refractivity contribution in [1.29, 1.82) is 0 Å². The molecule has 0 heterocycles. The highest BCUT2D eigenvalue weighted by molar-refractivity contribution is 5.80. The largest absolute Gasteiger partial charge is 0.398 e. The second-order valence-corrected chi connectivity index (χ2v) is 4.49. The van der Waals surface area contributed by atoms with Gasteiger partial charge >= 0.3 is 0 Å². The zero-order valence-electron chi connectivity index (χ0n) is 11.1. The number of nitrogen functional groups attached to an aromatic ring is 1. The second-order valence-electron chi connectivity index (χ2n) is 4.49. The van der Waals surface area contributed by atoms with Crippen LogP contribution < -0.4 is 16.0 Å². The zero-order chi connectivity index (χ0) is 13.1. The van der Waals surface area contributed by atoms with E-state index in [1.54, 1.807) is 0 Å². The number of benzene rings is 2. The Morgan fingerprint density at radius 2 is 1.67 bits per heavy atom. The molecule has 2 aromatic carbocycles. The summed E-state index contributed by atoms with van der Waals surface area (Å²) in [5, 5.41) is 3.13. The first-order valence-corrected chi connectivity index (χ1v) is 5.97. The lowest BCUT2D eigenvalue weighted by atomic mass is 10.0. The molecule has 2 rings (SSSR count). The predicted molar refractivity (Wildman–Crippen MR) is 80.2 cm³/mol. The van der Waals surface area contributed by atoms with Crippen molar-refractivity contribution < 1.29 is 0 Å². The van der Waals surface area contributed by atoms with Gasteiger partial charge in [-0.2, -0.15) is 0 Å². The summed E-state index contributed by atoms with van der Waals surface area (Å²) in [5.74, 6) is 0. The molecule has 0 bridgehead atoms. The lowest BCUT2D eigenvalue weighted by molar-refractivity contribution is 1.13. The predicted octanol–water partition coefficient (Wildman–Crippen LogP) is 3.04. The second kappa shape index (κ2) is 5.00. The van der Waals surface area contributed by atoms with E-state index >= 15 is 0 Å². The fourth-order valence-corrected chi connectivity index (χ4v) is 1.90. The Kier molecular flexibility index (Phi) is 3.42. The van der Waals surface area contributed by atoms with Crippen LogP contribution in [0.4, 0.5) is 17.1 Å². The van der Waals surface area contributed by atoms with Crippen LogP contribution in [0.15, 0.2) is 42.5 Å². The lowest BCUT2D eigenvalue weighted by Crippen LogP contribution is -2.07. The molecule has 0 aliphatic heterocycles. The summed E-state index contributed by atoms with van der Waals surface area (Å²) in [7, 11) is 5.97. The molecular weight excluding hydrogens is 222 g/mol. The Bertz CT molecular complexity index is 530. The molecule has 0 amide bonds. The Morgan fingerprint density at radius 3 is 2.22 bits per heavy atom. The summed E-state index contributed by atoms with van der Waals surface area (Å²) in [4.78, 5) is 2.08. The highest BCUT2D eigenvalue weighted by Gasteiger charge is 2.04. The van der Waals surface area contributed by atoms with Crippen LogP contribution in [0.3, 0.4) is 0 Å². The van der Waals surface area contributed by atoms with Crippen molar-refractivity contribution in [2.75, 3.05) is 37.1 Å². The third kappa shape index (κ3) is 2.40. The van der Waals surface area contributed by atoms with Crippen LogP contribution in [-0.4, -0.2) is 21.1 Å². The standard InChI is InChI=1S/C15H19N3/c1-17-12-6-9-15(16)14(10-12)11-4-7-13(8-5-11)18(2)3/h4-10,17H,16H2,1-3H3. The van der Waals surface area contributed by atoms with E-state index in [2.05, 4.69) is 40.5 Å². The van der Waals surface area contributed by atoms with Crippen LogP contribution in [0.5, 0.6) is 0 Å². The third-order valence-corrected chi connectivity index (χ3v) is 3.04. The minimum Gasteiger partial charge on any atom is -0.398 e. The van der Waals surface area contributed by atoms with E-state index < -0.39 is 0 Å². The highest BCUT2D eigenvalue weighted by Crippen LogP contribution is 2.29. The van der Waals surface area contributed by atoms with E-state index in [0.717, 1.165) is 22.5 Å². The molecule has 0 saturated heterocycles. The Labute approximate surface area is 108 Å². The van der Waals surface area contributed by atoms with Gasteiger partial charge in [-0.3, -0.25) is 0 Å². The molecule has 0 aliphatic rings. The van der Waals surface area contributed by atoms with Crippen LogP contribution in [0.25, 0.3) is 11.1 Å². The molecule has 0 unspecified atom stereocenters. The normalized spacial score (nSPS) is 10.2. The van der Waals surface area contributed by atoms with Crippen molar-refractivity contribution in [3.63, 3.8) is 0 Å². The average Bonchev–Trinajstić information content (AvgIpc) is 2.39. The molecule has 0 aliphatic carbocycles. The van der Waals surface area contributed by atoms with Gasteiger partial charge in [-0.05, 0) is 35.9 Å². The summed E-state index contributed by atoms with van der Waals surface area (Å²) in [6.45, 7) is 0. The fourth-order valence-electron chi connectivity index (χ4n) is 1.90. The third-order valence-electron chi connectivity index (χ3n) is 3.04. The van der Waals surface area contributed by atoms with Crippen molar-refractivity contribution in [2.24, 2.45) is 0 Å². The number of nitrogens with two attached hydrogens (primary N) is 1. The minimum atomic E-state index is 0.798. The summed E-state index contributed by atoms with van der Waals surface area (Å²) in [5.41, 5.74) is 11.3. The van der Waals surface area contributed by atoms with E-state index in [4.69, 9.17) is 5.73 Å². The number of hydrogen-bond donors (Lipinski definition) is 2. The molecule has 18 heavy (non-hydrogen) atoms. The molecule has 94 valence electrons. The molecule has 0 fully saturated rings. The van der Waals surface area contributed by atoms with Crippen LogP contribution in [-0.2, 0) is 0 Å². The zero-order valence-corrected chi connectivity index (χ0v) is 11.1. The van der Waals surface area contributed by atoms with Crippen LogP contribution in [0, 0.1) is 0 Å².